The summed E-state index contributed by atoms with van der Waals surface area (Å²) in [6, 6.07) is 16.2. The van der Waals surface area contributed by atoms with E-state index in [9.17, 15) is 9.59 Å². The number of nitrogens with zero attached hydrogens (tertiary/aromatic N) is 1. The molecule has 3 aromatic rings. The minimum atomic E-state index is -0.416. The largest absolute Gasteiger partial charge is 0.465 e. The van der Waals surface area contributed by atoms with E-state index in [1.54, 1.807) is 30.5 Å². The number of carbonyl (C=O) groups excluding carboxylic acids is 2. The van der Waals surface area contributed by atoms with Crippen LogP contribution in [0.1, 0.15) is 22.7 Å². The number of carbonyl (C=O) groups is 2. The maximum absolute atomic E-state index is 12.1. The molecule has 0 aliphatic carbocycles. The first-order chi connectivity index (χ1) is 12.7. The second-order valence-electron chi connectivity index (χ2n) is 5.60. The Balaban J connectivity index is 1.53. The molecular weight excluding hydrogens is 332 g/mol. The van der Waals surface area contributed by atoms with Crippen LogP contribution in [0.2, 0.25) is 0 Å². The summed E-state index contributed by atoms with van der Waals surface area (Å²) >= 11 is 0. The van der Waals surface area contributed by atoms with Crippen LogP contribution in [0.25, 0.3) is 11.3 Å². The van der Waals surface area contributed by atoms with Gasteiger partial charge in [0.25, 0.3) is 0 Å². The molecule has 6 nitrogen and oxygen atoms in total. The first-order valence-electron chi connectivity index (χ1n) is 8.14. The Morgan fingerprint density at radius 2 is 1.81 bits per heavy atom. The predicted octanol–water partition coefficient (Wildman–Crippen LogP) is 3.70. The Morgan fingerprint density at radius 3 is 2.50 bits per heavy atom. The van der Waals surface area contributed by atoms with E-state index in [4.69, 9.17) is 4.42 Å². The summed E-state index contributed by atoms with van der Waals surface area (Å²) in [6.07, 6.45) is 2.31. The van der Waals surface area contributed by atoms with Gasteiger partial charge in [0.1, 0.15) is 0 Å². The molecule has 0 saturated heterocycles. The number of methoxy groups -OCH3 is 1. The summed E-state index contributed by atoms with van der Waals surface area (Å²) in [4.78, 5) is 27.7. The summed E-state index contributed by atoms with van der Waals surface area (Å²) in [7, 11) is 1.32. The zero-order valence-corrected chi connectivity index (χ0v) is 14.3. The van der Waals surface area contributed by atoms with Gasteiger partial charge in [0.05, 0.1) is 18.9 Å². The Bertz CT molecular complexity index is 886. The molecule has 132 valence electrons. The Labute approximate surface area is 150 Å². The highest BCUT2D eigenvalue weighted by molar-refractivity contribution is 5.93. The second-order valence-corrected chi connectivity index (χ2v) is 5.60. The van der Waals surface area contributed by atoms with Gasteiger partial charge in [-0.2, -0.15) is 0 Å². The predicted molar refractivity (Wildman–Crippen MR) is 96.7 cm³/mol. The van der Waals surface area contributed by atoms with E-state index in [0.29, 0.717) is 29.3 Å². The number of benzene rings is 2. The smallest absolute Gasteiger partial charge is 0.337 e. The molecule has 1 amide bonds. The minimum Gasteiger partial charge on any atom is -0.465 e. The van der Waals surface area contributed by atoms with Gasteiger partial charge in [0.15, 0.2) is 11.7 Å². The molecule has 0 radical (unpaired) electrons. The SMILES string of the molecule is COC(=O)c1ccc(NC(=O)CCc2ncc(-c3ccccc3)o2)cc1. The standard InChI is InChI=1S/C20H18N2O4/c1-25-20(24)15-7-9-16(10-8-15)22-18(23)11-12-19-21-13-17(26-19)14-5-3-2-4-6-14/h2-10,13H,11-12H2,1H3,(H,22,23). The maximum atomic E-state index is 12.1. The lowest BCUT2D eigenvalue weighted by molar-refractivity contribution is -0.116. The number of rotatable bonds is 6. The fourth-order valence-corrected chi connectivity index (χ4v) is 2.41. The average molecular weight is 350 g/mol. The van der Waals surface area contributed by atoms with E-state index in [-0.39, 0.29) is 12.3 Å². The lowest BCUT2D eigenvalue weighted by Gasteiger charge is -2.05. The summed E-state index contributed by atoms with van der Waals surface area (Å²) in [5.74, 6) is 0.621. The maximum Gasteiger partial charge on any atom is 0.337 e. The van der Waals surface area contributed by atoms with Crippen molar-refractivity contribution in [2.75, 3.05) is 12.4 Å². The van der Waals surface area contributed by atoms with Crippen LogP contribution in [-0.4, -0.2) is 24.0 Å². The van der Waals surface area contributed by atoms with Crippen LogP contribution in [0.4, 0.5) is 5.69 Å². The van der Waals surface area contributed by atoms with Crippen LogP contribution >= 0.6 is 0 Å². The highest BCUT2D eigenvalue weighted by Gasteiger charge is 2.10. The van der Waals surface area contributed by atoms with E-state index in [2.05, 4.69) is 15.0 Å². The van der Waals surface area contributed by atoms with Gasteiger partial charge in [-0.15, -0.1) is 0 Å². The summed E-state index contributed by atoms with van der Waals surface area (Å²) in [5.41, 5.74) is 1.99. The number of anilines is 1. The lowest BCUT2D eigenvalue weighted by Crippen LogP contribution is -2.12. The lowest BCUT2D eigenvalue weighted by atomic mass is 10.2. The number of aryl methyl sites for hydroxylation is 1. The van der Waals surface area contributed by atoms with Crippen LogP contribution in [0.15, 0.2) is 65.2 Å². The summed E-state index contributed by atoms with van der Waals surface area (Å²) < 4.78 is 10.3. The van der Waals surface area contributed by atoms with E-state index >= 15 is 0 Å². The molecule has 3 rings (SSSR count). The number of nitrogens with one attached hydrogen (secondary N) is 1. The number of esters is 1. The third-order valence-electron chi connectivity index (χ3n) is 3.77. The quantitative estimate of drug-likeness (QED) is 0.686. The normalized spacial score (nSPS) is 10.3. The second kappa shape index (κ2) is 8.11. The van der Waals surface area contributed by atoms with Gasteiger partial charge in [-0.25, -0.2) is 9.78 Å². The van der Waals surface area contributed by atoms with E-state index in [0.717, 1.165) is 5.56 Å². The summed E-state index contributed by atoms with van der Waals surface area (Å²) in [6.45, 7) is 0. The number of aromatic nitrogens is 1. The van der Waals surface area contributed by atoms with Gasteiger partial charge < -0.3 is 14.5 Å². The fraction of sp³-hybridized carbons (Fsp3) is 0.150. The van der Waals surface area contributed by atoms with Crippen LogP contribution in [0.3, 0.4) is 0 Å². The number of hydrogen-bond acceptors (Lipinski definition) is 5. The molecule has 1 heterocycles. The average Bonchev–Trinajstić information content (AvgIpc) is 3.16. The van der Waals surface area contributed by atoms with E-state index < -0.39 is 5.97 Å². The van der Waals surface area contributed by atoms with Gasteiger partial charge in [-0.3, -0.25) is 4.79 Å². The molecule has 0 unspecified atom stereocenters. The Hall–Kier alpha value is -3.41. The van der Waals surface area contributed by atoms with Crippen molar-refractivity contribution in [3.63, 3.8) is 0 Å². The van der Waals surface area contributed by atoms with E-state index in [1.165, 1.54) is 7.11 Å². The first-order valence-corrected chi connectivity index (χ1v) is 8.14. The Kier molecular flexibility index (Phi) is 5.43. The van der Waals surface area contributed by atoms with Gasteiger partial charge in [-0.05, 0) is 24.3 Å². The molecule has 0 bridgehead atoms. The fourth-order valence-electron chi connectivity index (χ4n) is 2.41. The molecule has 0 saturated carbocycles. The summed E-state index contributed by atoms with van der Waals surface area (Å²) in [5, 5.41) is 2.77. The van der Waals surface area contributed by atoms with Gasteiger partial charge >= 0.3 is 5.97 Å². The highest BCUT2D eigenvalue weighted by atomic mass is 16.5. The number of oxazole rings is 1. The van der Waals surface area contributed by atoms with Crippen molar-refractivity contribution in [2.45, 2.75) is 12.8 Å². The number of amides is 1. The molecular formula is C20H18N2O4. The van der Waals surface area contributed by atoms with Crippen LogP contribution in [-0.2, 0) is 16.0 Å². The van der Waals surface area contributed by atoms with Gasteiger partial charge in [-0.1, -0.05) is 30.3 Å². The van der Waals surface area contributed by atoms with Crippen LogP contribution in [0.5, 0.6) is 0 Å². The highest BCUT2D eigenvalue weighted by Crippen LogP contribution is 2.20. The van der Waals surface area contributed by atoms with Crippen LogP contribution in [0, 0.1) is 0 Å². The molecule has 6 heteroatoms. The zero-order valence-electron chi connectivity index (χ0n) is 14.3. The van der Waals surface area contributed by atoms with E-state index in [1.807, 2.05) is 30.3 Å². The first kappa shape index (κ1) is 17.4. The third kappa shape index (κ3) is 4.36. The van der Waals surface area contributed by atoms with Crippen molar-refractivity contribution in [3.05, 3.63) is 72.2 Å². The molecule has 0 aliphatic rings. The molecule has 1 aromatic heterocycles. The van der Waals surface area contributed by atoms with Crippen molar-refractivity contribution >= 4 is 17.6 Å². The zero-order chi connectivity index (χ0) is 18.4. The third-order valence-corrected chi connectivity index (χ3v) is 3.77. The van der Waals surface area contributed by atoms with Crippen molar-refractivity contribution in [2.24, 2.45) is 0 Å². The molecule has 1 N–H and O–H groups in total. The van der Waals surface area contributed by atoms with Crippen LogP contribution < -0.4 is 5.32 Å². The molecule has 0 spiro atoms. The van der Waals surface area contributed by atoms with Crippen molar-refractivity contribution in [1.82, 2.24) is 4.98 Å². The monoisotopic (exact) mass is 350 g/mol. The van der Waals surface area contributed by atoms with Crippen molar-refractivity contribution < 1.29 is 18.7 Å². The molecule has 26 heavy (non-hydrogen) atoms. The van der Waals surface area contributed by atoms with Crippen molar-refractivity contribution in [1.29, 1.82) is 0 Å². The molecule has 0 aliphatic heterocycles. The van der Waals surface area contributed by atoms with Gasteiger partial charge in [0, 0.05) is 24.1 Å². The Morgan fingerprint density at radius 1 is 1.08 bits per heavy atom. The minimum absolute atomic E-state index is 0.157. The molecule has 0 fully saturated rings. The number of hydrogen-bond donors (Lipinski definition) is 1. The van der Waals surface area contributed by atoms with Crippen molar-refractivity contribution in [3.8, 4) is 11.3 Å². The number of ether oxygens (including phenoxy) is 1. The molecule has 0 atom stereocenters. The topological polar surface area (TPSA) is 81.4 Å². The molecule has 2 aromatic carbocycles. The van der Waals surface area contributed by atoms with Gasteiger partial charge in [0.2, 0.25) is 5.91 Å².